The number of hydrogen-bond donors (Lipinski definition) is 1. The molecule has 1 amide bonds. The fourth-order valence-electron chi connectivity index (χ4n) is 3.69. The Kier molecular flexibility index (Phi) is 5.61. The van der Waals surface area contributed by atoms with E-state index in [-0.39, 0.29) is 5.91 Å². The predicted molar refractivity (Wildman–Crippen MR) is 118 cm³/mol. The number of rotatable bonds is 4. The average Bonchev–Trinajstić information content (AvgIpc) is 2.74. The molecule has 0 saturated carbocycles. The lowest BCUT2D eigenvalue weighted by molar-refractivity contribution is 0.0746. The minimum Gasteiger partial charge on any atom is -0.353 e. The molecule has 4 rings (SSSR count). The molecule has 3 heterocycles. The standard InChI is InChI=1S/C23H26N6O/c1-16-4-5-19(18(3)12-16)23(30)29-10-8-28(9-11-29)22-14-21(25-15-26-22)27-20-13-17(2)6-7-24-20/h4-7,12-15H,8-11H2,1-3H3,(H,24,25,26,27). The molecular formula is C23H26N6O. The fraction of sp³-hybridized carbons (Fsp3) is 0.304. The van der Waals surface area contributed by atoms with Crippen molar-refractivity contribution < 1.29 is 4.79 Å². The topological polar surface area (TPSA) is 74.2 Å². The van der Waals surface area contributed by atoms with Gasteiger partial charge in [0.2, 0.25) is 0 Å². The molecule has 0 atom stereocenters. The lowest BCUT2D eigenvalue weighted by Gasteiger charge is -2.35. The fourth-order valence-corrected chi connectivity index (χ4v) is 3.69. The molecule has 1 fully saturated rings. The van der Waals surface area contributed by atoms with E-state index in [0.717, 1.165) is 41.4 Å². The summed E-state index contributed by atoms with van der Waals surface area (Å²) in [7, 11) is 0. The van der Waals surface area contributed by atoms with Crippen molar-refractivity contribution in [3.8, 4) is 0 Å². The second kappa shape index (κ2) is 8.49. The van der Waals surface area contributed by atoms with Crippen LogP contribution < -0.4 is 10.2 Å². The monoisotopic (exact) mass is 402 g/mol. The molecule has 7 heteroatoms. The molecule has 0 bridgehead atoms. The minimum absolute atomic E-state index is 0.0997. The Morgan fingerprint density at radius 2 is 1.60 bits per heavy atom. The number of benzene rings is 1. The summed E-state index contributed by atoms with van der Waals surface area (Å²) < 4.78 is 0. The third-order valence-corrected chi connectivity index (χ3v) is 5.33. The van der Waals surface area contributed by atoms with Crippen molar-refractivity contribution in [1.82, 2.24) is 19.9 Å². The number of aromatic nitrogens is 3. The van der Waals surface area contributed by atoms with E-state index in [2.05, 4.69) is 31.2 Å². The van der Waals surface area contributed by atoms with Gasteiger partial charge in [0.25, 0.3) is 5.91 Å². The highest BCUT2D eigenvalue weighted by molar-refractivity contribution is 5.95. The molecule has 2 aromatic heterocycles. The Balaban J connectivity index is 1.41. The smallest absolute Gasteiger partial charge is 0.254 e. The van der Waals surface area contributed by atoms with E-state index in [0.29, 0.717) is 18.9 Å². The van der Waals surface area contributed by atoms with Crippen LogP contribution in [-0.4, -0.2) is 51.9 Å². The second-order valence-electron chi connectivity index (χ2n) is 7.70. The Bertz CT molecular complexity index is 1060. The SMILES string of the molecule is Cc1ccnc(Nc2cc(N3CCN(C(=O)c4ccc(C)cc4C)CC3)ncn2)c1. The number of carbonyl (C=O) groups excluding carboxylic acids is 1. The normalized spacial score (nSPS) is 14.0. The second-order valence-corrected chi connectivity index (χ2v) is 7.70. The lowest BCUT2D eigenvalue weighted by atomic mass is 10.0. The van der Waals surface area contributed by atoms with Crippen LogP contribution in [0.1, 0.15) is 27.0 Å². The maximum atomic E-state index is 12.9. The van der Waals surface area contributed by atoms with E-state index in [1.807, 2.05) is 56.0 Å². The number of pyridine rings is 1. The Labute approximate surface area is 176 Å². The van der Waals surface area contributed by atoms with Gasteiger partial charge in [-0.3, -0.25) is 4.79 Å². The van der Waals surface area contributed by atoms with Gasteiger partial charge in [0.05, 0.1) is 0 Å². The average molecular weight is 403 g/mol. The van der Waals surface area contributed by atoms with Gasteiger partial charge in [0.15, 0.2) is 0 Å². The van der Waals surface area contributed by atoms with Gasteiger partial charge in [-0.1, -0.05) is 17.7 Å². The van der Waals surface area contributed by atoms with Crippen molar-refractivity contribution >= 4 is 23.4 Å². The molecule has 1 aliphatic heterocycles. The maximum Gasteiger partial charge on any atom is 0.254 e. The van der Waals surface area contributed by atoms with Crippen molar-refractivity contribution in [2.75, 3.05) is 36.4 Å². The van der Waals surface area contributed by atoms with Gasteiger partial charge in [-0.15, -0.1) is 0 Å². The molecule has 1 aromatic carbocycles. The van der Waals surface area contributed by atoms with Crippen LogP contribution in [0, 0.1) is 20.8 Å². The van der Waals surface area contributed by atoms with Gasteiger partial charge in [-0.25, -0.2) is 15.0 Å². The number of carbonyl (C=O) groups is 1. The first-order valence-corrected chi connectivity index (χ1v) is 10.1. The van der Waals surface area contributed by atoms with Crippen LogP contribution in [0.15, 0.2) is 48.9 Å². The number of nitrogens with one attached hydrogen (secondary N) is 1. The molecule has 7 nitrogen and oxygen atoms in total. The number of nitrogens with zero attached hydrogens (tertiary/aromatic N) is 5. The molecule has 154 valence electrons. The largest absolute Gasteiger partial charge is 0.353 e. The first-order chi connectivity index (χ1) is 14.5. The van der Waals surface area contributed by atoms with Gasteiger partial charge < -0.3 is 15.1 Å². The van der Waals surface area contributed by atoms with Crippen LogP contribution in [0.2, 0.25) is 0 Å². The lowest BCUT2D eigenvalue weighted by Crippen LogP contribution is -2.49. The van der Waals surface area contributed by atoms with Crippen molar-refractivity contribution in [3.05, 3.63) is 71.2 Å². The molecule has 0 aliphatic carbocycles. The summed E-state index contributed by atoms with van der Waals surface area (Å²) in [6, 6.07) is 11.8. The highest BCUT2D eigenvalue weighted by Gasteiger charge is 2.24. The van der Waals surface area contributed by atoms with Gasteiger partial charge in [-0.2, -0.15) is 0 Å². The van der Waals surface area contributed by atoms with Crippen LogP contribution in [0.4, 0.5) is 17.5 Å². The summed E-state index contributed by atoms with van der Waals surface area (Å²) in [6.45, 7) is 8.86. The number of hydrogen-bond acceptors (Lipinski definition) is 6. The van der Waals surface area contributed by atoms with E-state index in [1.165, 1.54) is 5.56 Å². The van der Waals surface area contributed by atoms with Crippen LogP contribution in [0.25, 0.3) is 0 Å². The van der Waals surface area contributed by atoms with E-state index in [4.69, 9.17) is 0 Å². The van der Waals surface area contributed by atoms with Crippen molar-refractivity contribution in [3.63, 3.8) is 0 Å². The summed E-state index contributed by atoms with van der Waals surface area (Å²) in [4.78, 5) is 30.1. The van der Waals surface area contributed by atoms with Gasteiger partial charge in [0, 0.05) is 44.0 Å². The van der Waals surface area contributed by atoms with E-state index in [1.54, 1.807) is 12.5 Å². The molecule has 1 saturated heterocycles. The zero-order chi connectivity index (χ0) is 21.1. The van der Waals surface area contributed by atoms with Crippen LogP contribution in [-0.2, 0) is 0 Å². The number of piperazine rings is 1. The molecular weight excluding hydrogens is 376 g/mol. The van der Waals surface area contributed by atoms with E-state index in [9.17, 15) is 4.79 Å². The molecule has 0 unspecified atom stereocenters. The van der Waals surface area contributed by atoms with Gasteiger partial charge in [-0.05, 0) is 50.1 Å². The molecule has 0 radical (unpaired) electrons. The quantitative estimate of drug-likeness (QED) is 0.720. The molecule has 1 aliphatic rings. The van der Waals surface area contributed by atoms with Crippen molar-refractivity contribution in [2.24, 2.45) is 0 Å². The number of aryl methyl sites for hydroxylation is 3. The highest BCUT2D eigenvalue weighted by Crippen LogP contribution is 2.20. The molecule has 1 N–H and O–H groups in total. The van der Waals surface area contributed by atoms with E-state index < -0.39 is 0 Å². The zero-order valence-electron chi connectivity index (χ0n) is 17.6. The molecule has 30 heavy (non-hydrogen) atoms. The number of anilines is 3. The summed E-state index contributed by atoms with van der Waals surface area (Å²) in [5.41, 5.74) is 4.11. The molecule has 0 spiro atoms. The zero-order valence-corrected chi connectivity index (χ0v) is 17.6. The van der Waals surface area contributed by atoms with E-state index >= 15 is 0 Å². The summed E-state index contributed by atoms with van der Waals surface area (Å²) in [6.07, 6.45) is 3.33. The summed E-state index contributed by atoms with van der Waals surface area (Å²) >= 11 is 0. The third-order valence-electron chi connectivity index (χ3n) is 5.33. The first-order valence-electron chi connectivity index (χ1n) is 10.1. The summed E-state index contributed by atoms with van der Waals surface area (Å²) in [5.74, 6) is 2.40. The predicted octanol–water partition coefficient (Wildman–Crippen LogP) is 3.50. The maximum absolute atomic E-state index is 12.9. The van der Waals surface area contributed by atoms with Gasteiger partial charge >= 0.3 is 0 Å². The van der Waals surface area contributed by atoms with Crippen LogP contribution in [0.3, 0.4) is 0 Å². The third kappa shape index (κ3) is 4.40. The first kappa shape index (κ1) is 19.8. The Hall–Kier alpha value is -3.48. The van der Waals surface area contributed by atoms with Crippen molar-refractivity contribution in [2.45, 2.75) is 20.8 Å². The Morgan fingerprint density at radius 1 is 0.867 bits per heavy atom. The highest BCUT2D eigenvalue weighted by atomic mass is 16.2. The van der Waals surface area contributed by atoms with Crippen LogP contribution >= 0.6 is 0 Å². The van der Waals surface area contributed by atoms with Gasteiger partial charge in [0.1, 0.15) is 23.8 Å². The summed E-state index contributed by atoms with van der Waals surface area (Å²) in [5, 5.41) is 3.23. The molecule has 3 aromatic rings. The minimum atomic E-state index is 0.0997. The van der Waals surface area contributed by atoms with Crippen molar-refractivity contribution in [1.29, 1.82) is 0 Å². The Morgan fingerprint density at radius 3 is 2.33 bits per heavy atom. The number of amides is 1. The van der Waals surface area contributed by atoms with Crippen LogP contribution in [0.5, 0.6) is 0 Å².